The molecule has 1 rings (SSSR count). The quantitative estimate of drug-likeness (QED) is 0.826. The Bertz CT molecular complexity index is 349. The predicted octanol–water partition coefficient (Wildman–Crippen LogP) is 2.72. The first kappa shape index (κ1) is 15.2. The average Bonchev–Trinajstić information content (AvgIpc) is 2.80. The third-order valence-corrected chi connectivity index (χ3v) is 3.76. The maximum Gasteiger partial charge on any atom is 0.222 e. The van der Waals surface area contributed by atoms with Crippen molar-refractivity contribution in [1.29, 1.82) is 0 Å². The Kier molecular flexibility index (Phi) is 6.36. The summed E-state index contributed by atoms with van der Waals surface area (Å²) < 4.78 is 0. The summed E-state index contributed by atoms with van der Waals surface area (Å²) in [4.78, 5) is 13.9. The molecule has 0 aliphatic rings. The topological polar surface area (TPSA) is 46.3 Å². The standard InChI is InChI=1S/C14H24N2OS/c1-11(2)6-13(8-15)7-14(17)16(3)9-12-4-5-18-10-12/h4-5,10-11,13H,6-9,15H2,1-3H3/t13-/m0/s1. The lowest BCUT2D eigenvalue weighted by Crippen LogP contribution is -2.30. The van der Waals surface area contributed by atoms with Crippen LogP contribution in [-0.4, -0.2) is 24.4 Å². The van der Waals surface area contributed by atoms with Gasteiger partial charge in [-0.15, -0.1) is 0 Å². The molecule has 0 radical (unpaired) electrons. The largest absolute Gasteiger partial charge is 0.341 e. The van der Waals surface area contributed by atoms with Crippen LogP contribution < -0.4 is 5.73 Å². The second kappa shape index (κ2) is 7.54. The van der Waals surface area contributed by atoms with Gasteiger partial charge in [0.25, 0.3) is 0 Å². The van der Waals surface area contributed by atoms with Gasteiger partial charge in [0.1, 0.15) is 0 Å². The van der Waals surface area contributed by atoms with E-state index in [-0.39, 0.29) is 5.91 Å². The van der Waals surface area contributed by atoms with Crippen LogP contribution in [0.2, 0.25) is 0 Å². The van der Waals surface area contributed by atoms with Crippen molar-refractivity contribution in [3.63, 3.8) is 0 Å². The molecule has 0 spiro atoms. The molecular formula is C14H24N2OS. The summed E-state index contributed by atoms with van der Waals surface area (Å²) in [6.45, 7) is 5.63. The molecule has 0 unspecified atom stereocenters. The zero-order valence-electron chi connectivity index (χ0n) is 11.6. The molecule has 0 bridgehead atoms. The number of carbonyl (C=O) groups excluding carboxylic acids is 1. The third-order valence-electron chi connectivity index (χ3n) is 3.03. The zero-order chi connectivity index (χ0) is 13.5. The number of carbonyl (C=O) groups is 1. The number of nitrogens with zero attached hydrogens (tertiary/aromatic N) is 1. The van der Waals surface area contributed by atoms with Crippen molar-refractivity contribution >= 4 is 17.2 Å². The molecule has 0 fully saturated rings. The third kappa shape index (κ3) is 5.19. The number of thiophene rings is 1. The van der Waals surface area contributed by atoms with E-state index in [0.717, 1.165) is 6.42 Å². The van der Waals surface area contributed by atoms with Gasteiger partial charge < -0.3 is 10.6 Å². The van der Waals surface area contributed by atoms with Crippen LogP contribution in [0.25, 0.3) is 0 Å². The minimum atomic E-state index is 0.192. The lowest BCUT2D eigenvalue weighted by Gasteiger charge is -2.21. The van der Waals surface area contributed by atoms with Crippen molar-refractivity contribution in [2.24, 2.45) is 17.6 Å². The molecule has 18 heavy (non-hydrogen) atoms. The number of amides is 1. The molecule has 1 atom stereocenters. The molecular weight excluding hydrogens is 244 g/mol. The zero-order valence-corrected chi connectivity index (χ0v) is 12.4. The summed E-state index contributed by atoms with van der Waals surface area (Å²) in [6.07, 6.45) is 1.59. The lowest BCUT2D eigenvalue weighted by molar-refractivity contribution is -0.131. The molecule has 1 heterocycles. The van der Waals surface area contributed by atoms with E-state index in [9.17, 15) is 4.79 Å². The van der Waals surface area contributed by atoms with Gasteiger partial charge >= 0.3 is 0 Å². The van der Waals surface area contributed by atoms with E-state index in [1.807, 2.05) is 12.4 Å². The first-order valence-corrected chi connectivity index (χ1v) is 7.42. The fourth-order valence-corrected chi connectivity index (χ4v) is 2.74. The smallest absolute Gasteiger partial charge is 0.222 e. The van der Waals surface area contributed by atoms with Crippen molar-refractivity contribution in [3.8, 4) is 0 Å². The Morgan fingerprint density at radius 1 is 1.50 bits per heavy atom. The Morgan fingerprint density at radius 3 is 2.72 bits per heavy atom. The van der Waals surface area contributed by atoms with E-state index in [1.165, 1.54) is 5.56 Å². The van der Waals surface area contributed by atoms with Crippen LogP contribution in [0.3, 0.4) is 0 Å². The highest BCUT2D eigenvalue weighted by Gasteiger charge is 2.17. The number of hydrogen-bond acceptors (Lipinski definition) is 3. The van der Waals surface area contributed by atoms with Crippen LogP contribution in [-0.2, 0) is 11.3 Å². The van der Waals surface area contributed by atoms with Crippen LogP contribution in [0.1, 0.15) is 32.3 Å². The summed E-state index contributed by atoms with van der Waals surface area (Å²) in [5, 5.41) is 4.12. The SMILES string of the molecule is CC(C)C[C@H](CN)CC(=O)N(C)Cc1ccsc1. The van der Waals surface area contributed by atoms with Crippen molar-refractivity contribution in [1.82, 2.24) is 4.90 Å². The molecule has 2 N–H and O–H groups in total. The normalized spacial score (nSPS) is 12.7. The van der Waals surface area contributed by atoms with Crippen molar-refractivity contribution < 1.29 is 4.79 Å². The molecule has 3 nitrogen and oxygen atoms in total. The highest BCUT2D eigenvalue weighted by atomic mass is 32.1. The molecule has 0 aliphatic heterocycles. The van der Waals surface area contributed by atoms with Gasteiger partial charge in [-0.05, 0) is 47.2 Å². The van der Waals surface area contributed by atoms with Crippen LogP contribution in [0.5, 0.6) is 0 Å². The Morgan fingerprint density at radius 2 is 2.22 bits per heavy atom. The molecule has 0 saturated heterocycles. The highest BCUT2D eigenvalue weighted by molar-refractivity contribution is 7.07. The minimum absolute atomic E-state index is 0.192. The van der Waals surface area contributed by atoms with Gasteiger partial charge in [-0.25, -0.2) is 0 Å². The van der Waals surface area contributed by atoms with Gasteiger partial charge in [0, 0.05) is 20.0 Å². The number of nitrogens with two attached hydrogens (primary N) is 1. The van der Waals surface area contributed by atoms with E-state index in [1.54, 1.807) is 16.2 Å². The summed E-state index contributed by atoms with van der Waals surface area (Å²) in [7, 11) is 1.86. The van der Waals surface area contributed by atoms with E-state index >= 15 is 0 Å². The highest BCUT2D eigenvalue weighted by Crippen LogP contribution is 2.16. The first-order chi connectivity index (χ1) is 8.52. The van der Waals surface area contributed by atoms with E-state index in [2.05, 4.69) is 25.3 Å². The second-order valence-corrected chi connectivity index (χ2v) is 6.10. The maximum absolute atomic E-state index is 12.1. The number of rotatable bonds is 7. The fourth-order valence-electron chi connectivity index (χ4n) is 2.08. The molecule has 1 aromatic rings. The molecule has 0 saturated carbocycles. The summed E-state index contributed by atoms with van der Waals surface area (Å²) in [6, 6.07) is 2.06. The second-order valence-electron chi connectivity index (χ2n) is 5.32. The maximum atomic E-state index is 12.1. The van der Waals surface area contributed by atoms with E-state index in [4.69, 9.17) is 5.73 Å². The summed E-state index contributed by atoms with van der Waals surface area (Å²) in [5.74, 6) is 1.09. The molecule has 102 valence electrons. The first-order valence-electron chi connectivity index (χ1n) is 6.48. The summed E-state index contributed by atoms with van der Waals surface area (Å²) >= 11 is 1.66. The number of hydrogen-bond donors (Lipinski definition) is 1. The van der Waals surface area contributed by atoms with Gasteiger partial charge in [-0.2, -0.15) is 11.3 Å². The van der Waals surface area contributed by atoms with Crippen LogP contribution in [0.4, 0.5) is 0 Å². The molecule has 4 heteroatoms. The van der Waals surface area contributed by atoms with Crippen molar-refractivity contribution in [2.75, 3.05) is 13.6 Å². The van der Waals surface area contributed by atoms with Crippen LogP contribution in [0, 0.1) is 11.8 Å². The monoisotopic (exact) mass is 268 g/mol. The van der Waals surface area contributed by atoms with Gasteiger partial charge in [0.05, 0.1) is 0 Å². The molecule has 1 amide bonds. The van der Waals surface area contributed by atoms with Crippen molar-refractivity contribution in [2.45, 2.75) is 33.2 Å². The average molecular weight is 268 g/mol. The van der Waals surface area contributed by atoms with Crippen molar-refractivity contribution in [3.05, 3.63) is 22.4 Å². The van der Waals surface area contributed by atoms with Gasteiger partial charge in [0.15, 0.2) is 0 Å². The fraction of sp³-hybridized carbons (Fsp3) is 0.643. The predicted molar refractivity (Wildman–Crippen MR) is 77.4 cm³/mol. The van der Waals surface area contributed by atoms with E-state index < -0.39 is 0 Å². The molecule has 0 aromatic carbocycles. The summed E-state index contributed by atoms with van der Waals surface area (Å²) in [5.41, 5.74) is 6.93. The lowest BCUT2D eigenvalue weighted by atomic mass is 9.94. The minimum Gasteiger partial charge on any atom is -0.341 e. The Labute approximate surface area is 114 Å². The van der Waals surface area contributed by atoms with Gasteiger partial charge in [-0.1, -0.05) is 13.8 Å². The van der Waals surface area contributed by atoms with Crippen LogP contribution in [0.15, 0.2) is 16.8 Å². The molecule has 0 aliphatic carbocycles. The van der Waals surface area contributed by atoms with Gasteiger partial charge in [-0.3, -0.25) is 4.79 Å². The van der Waals surface area contributed by atoms with E-state index in [0.29, 0.717) is 31.3 Å². The Balaban J connectivity index is 2.43. The molecule has 1 aromatic heterocycles. The Hall–Kier alpha value is -0.870. The van der Waals surface area contributed by atoms with Gasteiger partial charge in [0.2, 0.25) is 5.91 Å². The van der Waals surface area contributed by atoms with Crippen LogP contribution >= 0.6 is 11.3 Å².